The van der Waals surface area contributed by atoms with Gasteiger partial charge >= 0.3 is 6.18 Å². The van der Waals surface area contributed by atoms with Crippen LogP contribution in [0.3, 0.4) is 0 Å². The minimum atomic E-state index is -4.30. The molecule has 0 radical (unpaired) electrons. The van der Waals surface area contributed by atoms with Crippen LogP contribution in [0.5, 0.6) is 0 Å². The number of hydrogen-bond acceptors (Lipinski definition) is 2. The van der Waals surface area contributed by atoms with Crippen molar-refractivity contribution >= 4 is 0 Å². The van der Waals surface area contributed by atoms with Crippen LogP contribution >= 0.6 is 0 Å². The normalized spacial score (nSPS) is 13.8. The fourth-order valence-corrected chi connectivity index (χ4v) is 1.57. The Kier molecular flexibility index (Phi) is 6.49. The van der Waals surface area contributed by atoms with Crippen molar-refractivity contribution in [3.05, 3.63) is 35.4 Å². The van der Waals surface area contributed by atoms with Gasteiger partial charge in [-0.15, -0.1) is 0 Å². The van der Waals surface area contributed by atoms with E-state index in [9.17, 15) is 13.2 Å². The summed E-state index contributed by atoms with van der Waals surface area (Å²) in [7, 11) is 0. The molecule has 5 heteroatoms. The fourth-order valence-electron chi connectivity index (χ4n) is 1.57. The lowest BCUT2D eigenvalue weighted by Crippen LogP contribution is -2.28. The number of rotatable bonds is 7. The van der Waals surface area contributed by atoms with Crippen molar-refractivity contribution in [3.8, 4) is 0 Å². The second kappa shape index (κ2) is 7.64. The molecule has 0 amide bonds. The van der Waals surface area contributed by atoms with Crippen LogP contribution in [0.2, 0.25) is 0 Å². The minimum Gasteiger partial charge on any atom is -0.364 e. The highest BCUT2D eigenvalue weighted by Crippen LogP contribution is 2.23. The van der Waals surface area contributed by atoms with Crippen molar-refractivity contribution in [1.82, 2.24) is 5.32 Å². The lowest BCUT2D eigenvalue weighted by atomic mass is 10.1. The van der Waals surface area contributed by atoms with Gasteiger partial charge in [-0.05, 0) is 30.5 Å². The van der Waals surface area contributed by atoms with Gasteiger partial charge in [-0.1, -0.05) is 38.1 Å². The summed E-state index contributed by atoms with van der Waals surface area (Å²) >= 11 is 0. The molecule has 0 heterocycles. The molecule has 20 heavy (non-hydrogen) atoms. The molecular weight excluding hydrogens is 267 g/mol. The first-order chi connectivity index (χ1) is 9.29. The summed E-state index contributed by atoms with van der Waals surface area (Å²) in [4.78, 5) is 0. The Morgan fingerprint density at radius 2 is 1.60 bits per heavy atom. The summed E-state index contributed by atoms with van der Waals surface area (Å²) in [5, 5.41) is 3.31. The minimum absolute atomic E-state index is 0.0274. The fraction of sp³-hybridized carbons (Fsp3) is 0.600. The molecule has 0 aliphatic rings. The Morgan fingerprint density at radius 3 is 2.10 bits per heavy atom. The van der Waals surface area contributed by atoms with Crippen LogP contribution in [-0.2, 0) is 17.9 Å². The van der Waals surface area contributed by atoms with E-state index in [-0.39, 0.29) is 6.61 Å². The van der Waals surface area contributed by atoms with E-state index >= 15 is 0 Å². The molecule has 1 rings (SSSR count). The van der Waals surface area contributed by atoms with Gasteiger partial charge in [0.05, 0.1) is 6.61 Å². The summed E-state index contributed by atoms with van der Waals surface area (Å²) in [6.07, 6.45) is -6.05. The lowest BCUT2D eigenvalue weighted by Gasteiger charge is -2.16. The van der Waals surface area contributed by atoms with Crippen molar-refractivity contribution < 1.29 is 17.9 Å². The molecule has 114 valence electrons. The van der Waals surface area contributed by atoms with E-state index in [2.05, 4.69) is 19.2 Å². The second-order valence-electron chi connectivity index (χ2n) is 5.34. The molecule has 0 aromatic heterocycles. The maximum absolute atomic E-state index is 12.3. The Morgan fingerprint density at radius 1 is 1.05 bits per heavy atom. The van der Waals surface area contributed by atoms with Gasteiger partial charge in [-0.25, -0.2) is 0 Å². The monoisotopic (exact) mass is 289 g/mol. The molecule has 1 unspecified atom stereocenters. The van der Waals surface area contributed by atoms with Crippen molar-refractivity contribution in [3.63, 3.8) is 0 Å². The van der Waals surface area contributed by atoms with E-state index < -0.39 is 12.3 Å². The average Bonchev–Trinajstić information content (AvgIpc) is 2.36. The summed E-state index contributed by atoms with van der Waals surface area (Å²) < 4.78 is 41.7. The van der Waals surface area contributed by atoms with E-state index in [1.165, 1.54) is 0 Å². The highest BCUT2D eigenvalue weighted by molar-refractivity contribution is 5.21. The van der Waals surface area contributed by atoms with Crippen LogP contribution in [0.25, 0.3) is 0 Å². The third-order valence-corrected chi connectivity index (χ3v) is 2.87. The van der Waals surface area contributed by atoms with E-state index in [1.807, 2.05) is 12.1 Å². The van der Waals surface area contributed by atoms with Gasteiger partial charge in [0.2, 0.25) is 0 Å². The van der Waals surface area contributed by atoms with E-state index in [1.54, 1.807) is 12.1 Å². The van der Waals surface area contributed by atoms with Gasteiger partial charge in [0.15, 0.2) is 6.10 Å². The smallest absolute Gasteiger partial charge is 0.364 e. The third kappa shape index (κ3) is 6.39. The van der Waals surface area contributed by atoms with Crippen molar-refractivity contribution in [1.29, 1.82) is 0 Å². The number of nitrogens with one attached hydrogen (secondary N) is 1. The van der Waals surface area contributed by atoms with E-state index in [0.717, 1.165) is 31.1 Å². The van der Waals surface area contributed by atoms with Gasteiger partial charge in [-0.2, -0.15) is 13.2 Å². The molecule has 0 saturated heterocycles. The zero-order valence-electron chi connectivity index (χ0n) is 12.1. The second-order valence-corrected chi connectivity index (χ2v) is 5.34. The van der Waals surface area contributed by atoms with Gasteiger partial charge in [-0.3, -0.25) is 0 Å². The van der Waals surface area contributed by atoms with Gasteiger partial charge < -0.3 is 10.1 Å². The number of benzene rings is 1. The number of halogens is 3. The molecule has 2 nitrogen and oxygen atoms in total. The number of alkyl halides is 3. The van der Waals surface area contributed by atoms with Crippen molar-refractivity contribution in [2.45, 2.75) is 46.2 Å². The van der Waals surface area contributed by atoms with E-state index in [0.29, 0.717) is 5.92 Å². The first-order valence-electron chi connectivity index (χ1n) is 6.76. The largest absolute Gasteiger partial charge is 0.414 e. The molecule has 0 aliphatic heterocycles. The zero-order chi connectivity index (χ0) is 15.2. The van der Waals surface area contributed by atoms with Crippen LogP contribution in [0.4, 0.5) is 13.2 Å². The van der Waals surface area contributed by atoms with Crippen LogP contribution in [0, 0.1) is 5.92 Å². The zero-order valence-corrected chi connectivity index (χ0v) is 12.1. The van der Waals surface area contributed by atoms with Gasteiger partial charge in [0.25, 0.3) is 0 Å². The lowest BCUT2D eigenvalue weighted by molar-refractivity contribution is -0.217. The quantitative estimate of drug-likeness (QED) is 0.822. The van der Waals surface area contributed by atoms with Gasteiger partial charge in [0.1, 0.15) is 0 Å². The van der Waals surface area contributed by atoms with Crippen LogP contribution in [0.15, 0.2) is 24.3 Å². The maximum Gasteiger partial charge on any atom is 0.414 e. The standard InChI is InChI=1S/C15H22F3NO/c1-11(2)8-19-9-13-4-6-14(7-5-13)10-20-12(3)15(16,17)18/h4-7,11-12,19H,8-10H2,1-3H3. The molecule has 0 spiro atoms. The SMILES string of the molecule is CC(C)CNCc1ccc(COC(C)C(F)(F)F)cc1. The number of ether oxygens (including phenoxy) is 1. The Balaban J connectivity index is 2.39. The molecule has 0 fully saturated rings. The highest BCUT2D eigenvalue weighted by atomic mass is 19.4. The topological polar surface area (TPSA) is 21.3 Å². The van der Waals surface area contributed by atoms with E-state index in [4.69, 9.17) is 4.74 Å². The third-order valence-electron chi connectivity index (χ3n) is 2.87. The van der Waals surface area contributed by atoms with Gasteiger partial charge in [0, 0.05) is 6.54 Å². The molecular formula is C15H22F3NO. The van der Waals surface area contributed by atoms with Crippen LogP contribution in [0.1, 0.15) is 31.9 Å². The Hall–Kier alpha value is -1.07. The van der Waals surface area contributed by atoms with Crippen LogP contribution in [-0.4, -0.2) is 18.8 Å². The first kappa shape index (κ1) is 17.0. The maximum atomic E-state index is 12.3. The summed E-state index contributed by atoms with van der Waals surface area (Å²) in [5.41, 5.74) is 1.85. The summed E-state index contributed by atoms with van der Waals surface area (Å²) in [6.45, 7) is 6.96. The van der Waals surface area contributed by atoms with Crippen molar-refractivity contribution in [2.24, 2.45) is 5.92 Å². The first-order valence-corrected chi connectivity index (χ1v) is 6.76. The Bertz CT molecular complexity index is 387. The van der Waals surface area contributed by atoms with Crippen LogP contribution < -0.4 is 5.32 Å². The summed E-state index contributed by atoms with van der Waals surface area (Å²) in [5.74, 6) is 0.589. The Labute approximate surface area is 118 Å². The molecule has 1 N–H and O–H groups in total. The number of hydrogen-bond donors (Lipinski definition) is 1. The molecule has 0 bridgehead atoms. The molecule has 0 aliphatic carbocycles. The predicted molar refractivity (Wildman–Crippen MR) is 73.3 cm³/mol. The molecule has 1 aromatic rings. The summed E-state index contributed by atoms with van der Waals surface area (Å²) in [6, 6.07) is 7.42. The highest BCUT2D eigenvalue weighted by Gasteiger charge is 2.36. The molecule has 0 saturated carbocycles. The predicted octanol–water partition coefficient (Wildman–Crippen LogP) is 3.90. The van der Waals surface area contributed by atoms with Crippen molar-refractivity contribution in [2.75, 3.05) is 6.54 Å². The average molecular weight is 289 g/mol. The molecule has 1 aromatic carbocycles. The molecule has 1 atom stereocenters.